The fourth-order valence-corrected chi connectivity index (χ4v) is 5.08. The van der Waals surface area contributed by atoms with Gasteiger partial charge < -0.3 is 37.3 Å². The fraction of sp³-hybridized carbons (Fsp3) is 1.00. The maximum absolute atomic E-state index is 9.51. The first-order valence-corrected chi connectivity index (χ1v) is 14.5. The molecule has 0 saturated carbocycles. The molecule has 0 amide bonds. The lowest BCUT2D eigenvalue weighted by molar-refractivity contribution is -0.929. The molecule has 0 rings (SSSR count). The van der Waals surface area contributed by atoms with Crippen LogP contribution in [0, 0.1) is 0 Å². The molecule has 0 atom stereocenters. The number of hydrogen-bond acceptors (Lipinski definition) is 4. The standard InChI is InChI=1S/C28H60NO4.ClH/c30-25-18-16-14-12-10-8-6-4-2-1-3-5-7-9-11-13-15-17-21-29(24-28-33,22-19-26-31)23-20-27-32;/h30-33H,1-28H2;1H/q+1;/p-1. The monoisotopic (exact) mass is 509 g/mol. The molecule has 0 spiro atoms. The van der Waals surface area contributed by atoms with E-state index < -0.39 is 0 Å². The van der Waals surface area contributed by atoms with Crippen molar-refractivity contribution in [2.75, 3.05) is 52.6 Å². The van der Waals surface area contributed by atoms with Gasteiger partial charge in [-0.3, -0.25) is 0 Å². The van der Waals surface area contributed by atoms with Gasteiger partial charge in [0.15, 0.2) is 0 Å². The number of aliphatic hydroxyl groups excluding tert-OH is 4. The van der Waals surface area contributed by atoms with Crippen LogP contribution in [0.1, 0.15) is 128 Å². The van der Waals surface area contributed by atoms with Crippen molar-refractivity contribution in [2.24, 2.45) is 0 Å². The molecule has 0 aliphatic heterocycles. The molecule has 0 fully saturated rings. The minimum absolute atomic E-state index is 0. The number of hydrogen-bond donors (Lipinski definition) is 4. The van der Waals surface area contributed by atoms with Gasteiger partial charge in [-0.15, -0.1) is 0 Å². The van der Waals surface area contributed by atoms with Crippen LogP contribution in [0.5, 0.6) is 0 Å². The molecule has 6 heteroatoms. The Kier molecular flexibility index (Phi) is 31.3. The third-order valence-corrected chi connectivity index (χ3v) is 7.20. The highest BCUT2D eigenvalue weighted by Gasteiger charge is 2.25. The maximum atomic E-state index is 9.51. The van der Waals surface area contributed by atoms with Crippen molar-refractivity contribution in [2.45, 2.75) is 128 Å². The van der Waals surface area contributed by atoms with Crippen LogP contribution in [0.25, 0.3) is 0 Å². The molecule has 34 heavy (non-hydrogen) atoms. The summed E-state index contributed by atoms with van der Waals surface area (Å²) in [6.07, 6.45) is 25.4. The highest BCUT2D eigenvalue weighted by atomic mass is 35.5. The Morgan fingerprint density at radius 3 is 0.824 bits per heavy atom. The molecule has 0 radical (unpaired) electrons. The molecule has 0 bridgehead atoms. The van der Waals surface area contributed by atoms with Crippen LogP contribution in [0.4, 0.5) is 0 Å². The largest absolute Gasteiger partial charge is 1.00 e. The van der Waals surface area contributed by atoms with Gasteiger partial charge in [-0.2, -0.15) is 0 Å². The molecule has 0 unspecified atom stereocenters. The molecular weight excluding hydrogens is 450 g/mol. The lowest BCUT2D eigenvalue weighted by Crippen LogP contribution is -3.00. The first-order chi connectivity index (χ1) is 16.2. The van der Waals surface area contributed by atoms with Gasteiger partial charge in [0.2, 0.25) is 0 Å². The van der Waals surface area contributed by atoms with Gasteiger partial charge in [0, 0.05) is 32.7 Å². The van der Waals surface area contributed by atoms with Crippen LogP contribution in [-0.2, 0) is 0 Å². The lowest BCUT2D eigenvalue weighted by atomic mass is 10.0. The summed E-state index contributed by atoms with van der Waals surface area (Å²) in [4.78, 5) is 0. The quantitative estimate of drug-likeness (QED) is 0.0965. The summed E-state index contributed by atoms with van der Waals surface area (Å²) < 4.78 is 0.849. The molecule has 0 aromatic carbocycles. The number of rotatable bonds is 28. The van der Waals surface area contributed by atoms with Crippen LogP contribution in [-0.4, -0.2) is 77.5 Å². The third-order valence-electron chi connectivity index (χ3n) is 7.20. The van der Waals surface area contributed by atoms with E-state index in [0.717, 1.165) is 49.9 Å². The number of quaternary nitrogens is 1. The molecule has 208 valence electrons. The smallest absolute Gasteiger partial charge is 0.102 e. The van der Waals surface area contributed by atoms with Crippen LogP contribution < -0.4 is 12.4 Å². The summed E-state index contributed by atoms with van der Waals surface area (Å²) in [5, 5.41) is 36.7. The predicted molar refractivity (Wildman–Crippen MR) is 140 cm³/mol. The summed E-state index contributed by atoms with van der Waals surface area (Å²) in [5.41, 5.74) is 0. The second kappa shape index (κ2) is 29.3. The number of halogens is 1. The van der Waals surface area contributed by atoms with Crippen molar-refractivity contribution in [1.82, 2.24) is 0 Å². The van der Waals surface area contributed by atoms with Crippen LogP contribution >= 0.6 is 0 Å². The zero-order chi connectivity index (χ0) is 24.3. The SMILES string of the molecule is OCCCCCCCCCCCCCCCCCCCC[N+](CCO)(CCCO)CCCO.[Cl-]. The van der Waals surface area contributed by atoms with Gasteiger partial charge in [-0.05, 0) is 19.3 Å². The van der Waals surface area contributed by atoms with E-state index >= 15 is 0 Å². The minimum atomic E-state index is 0. The van der Waals surface area contributed by atoms with Crippen molar-refractivity contribution < 1.29 is 37.3 Å². The Balaban J connectivity index is 0. The molecular formula is C28H60ClNO4. The second-order valence-corrected chi connectivity index (χ2v) is 10.2. The number of aliphatic hydroxyl groups is 4. The zero-order valence-corrected chi connectivity index (χ0v) is 23.2. The topological polar surface area (TPSA) is 80.9 Å². The Morgan fingerprint density at radius 1 is 0.265 bits per heavy atom. The third kappa shape index (κ3) is 23.8. The first-order valence-electron chi connectivity index (χ1n) is 14.5. The van der Waals surface area contributed by atoms with E-state index in [4.69, 9.17) is 5.11 Å². The summed E-state index contributed by atoms with van der Waals surface area (Å²) >= 11 is 0. The highest BCUT2D eigenvalue weighted by Crippen LogP contribution is 2.16. The van der Waals surface area contributed by atoms with Gasteiger partial charge in [-0.1, -0.05) is 96.3 Å². The van der Waals surface area contributed by atoms with E-state index in [-0.39, 0.29) is 32.2 Å². The van der Waals surface area contributed by atoms with Crippen molar-refractivity contribution >= 4 is 0 Å². The zero-order valence-electron chi connectivity index (χ0n) is 22.4. The second-order valence-electron chi connectivity index (χ2n) is 10.2. The summed E-state index contributed by atoms with van der Waals surface area (Å²) in [5.74, 6) is 0. The lowest BCUT2D eigenvalue weighted by Gasteiger charge is -2.38. The Labute approximate surface area is 218 Å². The van der Waals surface area contributed by atoms with Gasteiger partial charge in [0.05, 0.1) is 26.2 Å². The average Bonchev–Trinajstić information content (AvgIpc) is 2.83. The Hall–Kier alpha value is 0.0900. The summed E-state index contributed by atoms with van der Waals surface area (Å²) in [6, 6.07) is 0. The summed E-state index contributed by atoms with van der Waals surface area (Å²) in [6.45, 7) is 4.56. The predicted octanol–water partition coefficient (Wildman–Crippen LogP) is 2.58. The minimum Gasteiger partial charge on any atom is -1.00 e. The maximum Gasteiger partial charge on any atom is 0.102 e. The molecule has 0 aromatic rings. The molecule has 0 aromatic heterocycles. The average molecular weight is 510 g/mol. The van der Waals surface area contributed by atoms with E-state index in [9.17, 15) is 15.3 Å². The molecule has 5 nitrogen and oxygen atoms in total. The molecule has 0 heterocycles. The van der Waals surface area contributed by atoms with E-state index in [1.807, 2.05) is 0 Å². The van der Waals surface area contributed by atoms with Crippen molar-refractivity contribution in [3.05, 3.63) is 0 Å². The number of nitrogens with zero attached hydrogens (tertiary/aromatic N) is 1. The Morgan fingerprint density at radius 2 is 0.529 bits per heavy atom. The fourth-order valence-electron chi connectivity index (χ4n) is 5.08. The van der Waals surface area contributed by atoms with Gasteiger partial charge in [-0.25, -0.2) is 0 Å². The Bertz CT molecular complexity index is 366. The molecule has 4 N–H and O–H groups in total. The van der Waals surface area contributed by atoms with Crippen LogP contribution in [0.2, 0.25) is 0 Å². The van der Waals surface area contributed by atoms with E-state index in [1.165, 1.54) is 109 Å². The van der Waals surface area contributed by atoms with E-state index in [1.54, 1.807) is 0 Å². The van der Waals surface area contributed by atoms with Gasteiger partial charge >= 0.3 is 0 Å². The van der Waals surface area contributed by atoms with Gasteiger partial charge in [0.25, 0.3) is 0 Å². The van der Waals surface area contributed by atoms with Gasteiger partial charge in [0.1, 0.15) is 6.54 Å². The van der Waals surface area contributed by atoms with Crippen LogP contribution in [0.3, 0.4) is 0 Å². The molecule has 0 saturated heterocycles. The van der Waals surface area contributed by atoms with Crippen molar-refractivity contribution in [3.63, 3.8) is 0 Å². The van der Waals surface area contributed by atoms with Crippen LogP contribution in [0.15, 0.2) is 0 Å². The first kappa shape index (κ1) is 36.2. The van der Waals surface area contributed by atoms with Crippen molar-refractivity contribution in [1.29, 1.82) is 0 Å². The molecule has 0 aliphatic carbocycles. The number of unbranched alkanes of at least 4 members (excludes halogenated alkanes) is 17. The highest BCUT2D eigenvalue weighted by molar-refractivity contribution is 4.52. The van der Waals surface area contributed by atoms with E-state index in [0.29, 0.717) is 6.61 Å². The van der Waals surface area contributed by atoms with Crippen molar-refractivity contribution in [3.8, 4) is 0 Å². The van der Waals surface area contributed by atoms with E-state index in [2.05, 4.69) is 0 Å². The summed E-state index contributed by atoms with van der Waals surface area (Å²) in [7, 11) is 0. The molecule has 0 aliphatic rings. The normalized spacial score (nSPS) is 11.6.